The first-order chi connectivity index (χ1) is 9.42. The standard InChI is InChI=1S/C17H17NO/c1-2-6-14-12(5-1)10-18-16(14)9-13-11-19-17-8-4-3-7-15(13)17/h1-8,13,16,18H,9-11H2. The lowest BCUT2D eigenvalue weighted by molar-refractivity contribution is 0.314. The molecular weight excluding hydrogens is 234 g/mol. The number of hydrogen-bond acceptors (Lipinski definition) is 2. The van der Waals surface area contributed by atoms with Crippen LogP contribution in [0.5, 0.6) is 5.75 Å². The van der Waals surface area contributed by atoms with Crippen molar-refractivity contribution in [2.24, 2.45) is 0 Å². The Labute approximate surface area is 113 Å². The Bertz CT molecular complexity index is 554. The van der Waals surface area contributed by atoms with Crippen molar-refractivity contribution >= 4 is 0 Å². The number of ether oxygens (including phenoxy) is 1. The molecule has 2 nitrogen and oxygen atoms in total. The van der Waals surface area contributed by atoms with Gasteiger partial charge in [-0.3, -0.25) is 0 Å². The van der Waals surface area contributed by atoms with Gasteiger partial charge in [-0.2, -0.15) is 0 Å². The second kappa shape index (κ2) is 4.39. The Kier molecular flexibility index (Phi) is 2.56. The maximum Gasteiger partial charge on any atom is 0.122 e. The summed E-state index contributed by atoms with van der Waals surface area (Å²) >= 11 is 0. The Balaban J connectivity index is 1.58. The van der Waals surface area contributed by atoms with E-state index in [1.165, 1.54) is 16.7 Å². The van der Waals surface area contributed by atoms with E-state index in [1.807, 2.05) is 6.07 Å². The zero-order valence-electron chi connectivity index (χ0n) is 10.8. The fourth-order valence-corrected chi connectivity index (χ4v) is 3.30. The highest BCUT2D eigenvalue weighted by Crippen LogP contribution is 2.40. The SMILES string of the molecule is c1ccc2c(c1)CNC2CC1COc2ccccc21. The number of nitrogens with one attached hydrogen (secondary N) is 1. The average Bonchev–Trinajstić information content (AvgIpc) is 3.05. The average molecular weight is 251 g/mol. The van der Waals surface area contributed by atoms with E-state index < -0.39 is 0 Å². The quantitative estimate of drug-likeness (QED) is 0.883. The molecule has 2 atom stereocenters. The van der Waals surface area contributed by atoms with E-state index >= 15 is 0 Å². The summed E-state index contributed by atoms with van der Waals surface area (Å²) < 4.78 is 5.78. The van der Waals surface area contributed by atoms with Crippen LogP contribution >= 0.6 is 0 Å². The molecule has 96 valence electrons. The van der Waals surface area contributed by atoms with Crippen molar-refractivity contribution in [2.75, 3.05) is 6.61 Å². The maximum absolute atomic E-state index is 5.78. The van der Waals surface area contributed by atoms with E-state index in [1.54, 1.807) is 0 Å². The van der Waals surface area contributed by atoms with Crippen LogP contribution < -0.4 is 10.1 Å². The van der Waals surface area contributed by atoms with Crippen LogP contribution in [-0.4, -0.2) is 6.61 Å². The van der Waals surface area contributed by atoms with Gasteiger partial charge < -0.3 is 10.1 Å². The molecular formula is C17H17NO. The lowest BCUT2D eigenvalue weighted by Crippen LogP contribution is -2.16. The van der Waals surface area contributed by atoms with Crippen LogP contribution in [-0.2, 0) is 6.54 Å². The molecule has 0 aliphatic carbocycles. The molecule has 0 radical (unpaired) electrons. The Hall–Kier alpha value is -1.80. The Morgan fingerprint density at radius 3 is 2.74 bits per heavy atom. The number of rotatable bonds is 2. The van der Waals surface area contributed by atoms with Crippen molar-refractivity contribution in [3.8, 4) is 5.75 Å². The van der Waals surface area contributed by atoms with Gasteiger partial charge in [0, 0.05) is 24.1 Å². The molecule has 2 unspecified atom stereocenters. The zero-order chi connectivity index (χ0) is 12.7. The normalized spacial score (nSPS) is 23.8. The third-order valence-corrected chi connectivity index (χ3v) is 4.29. The molecule has 0 spiro atoms. The van der Waals surface area contributed by atoms with Crippen LogP contribution in [0.25, 0.3) is 0 Å². The molecule has 2 aliphatic heterocycles. The molecule has 0 fully saturated rings. The fourth-order valence-electron chi connectivity index (χ4n) is 3.30. The van der Waals surface area contributed by atoms with Crippen LogP contribution in [0.1, 0.15) is 35.1 Å². The first-order valence-corrected chi connectivity index (χ1v) is 6.95. The first kappa shape index (κ1) is 11.1. The Morgan fingerprint density at radius 2 is 1.79 bits per heavy atom. The summed E-state index contributed by atoms with van der Waals surface area (Å²) in [4.78, 5) is 0. The third-order valence-electron chi connectivity index (χ3n) is 4.29. The summed E-state index contributed by atoms with van der Waals surface area (Å²) in [6, 6.07) is 17.6. The molecule has 0 amide bonds. The number of hydrogen-bond donors (Lipinski definition) is 1. The molecule has 2 aliphatic rings. The van der Waals surface area contributed by atoms with Gasteiger partial charge in [-0.15, -0.1) is 0 Å². The van der Waals surface area contributed by atoms with Crippen LogP contribution in [0.4, 0.5) is 0 Å². The van der Waals surface area contributed by atoms with Gasteiger partial charge in [0.15, 0.2) is 0 Å². The van der Waals surface area contributed by atoms with E-state index in [0.717, 1.165) is 25.3 Å². The van der Waals surface area contributed by atoms with Crippen molar-refractivity contribution in [2.45, 2.75) is 24.9 Å². The van der Waals surface area contributed by atoms with Gasteiger partial charge in [0.1, 0.15) is 5.75 Å². The lowest BCUT2D eigenvalue weighted by Gasteiger charge is -2.16. The van der Waals surface area contributed by atoms with Gasteiger partial charge >= 0.3 is 0 Å². The second-order valence-electron chi connectivity index (χ2n) is 5.41. The van der Waals surface area contributed by atoms with Gasteiger partial charge in [-0.05, 0) is 23.6 Å². The minimum absolute atomic E-state index is 0.468. The minimum atomic E-state index is 0.468. The third kappa shape index (κ3) is 1.83. The van der Waals surface area contributed by atoms with Crippen LogP contribution in [0, 0.1) is 0 Å². The van der Waals surface area contributed by atoms with E-state index in [4.69, 9.17) is 4.74 Å². The van der Waals surface area contributed by atoms with Crippen molar-refractivity contribution in [1.29, 1.82) is 0 Å². The van der Waals surface area contributed by atoms with Gasteiger partial charge in [-0.25, -0.2) is 0 Å². The molecule has 0 saturated carbocycles. The highest BCUT2D eigenvalue weighted by Gasteiger charge is 2.29. The Morgan fingerprint density at radius 1 is 1.00 bits per heavy atom. The smallest absolute Gasteiger partial charge is 0.122 e. The molecule has 2 aromatic rings. The fraction of sp³-hybridized carbons (Fsp3) is 0.294. The molecule has 0 bridgehead atoms. The van der Waals surface area contributed by atoms with Gasteiger partial charge in [0.05, 0.1) is 6.61 Å². The molecule has 0 aromatic heterocycles. The van der Waals surface area contributed by atoms with E-state index in [-0.39, 0.29) is 0 Å². The van der Waals surface area contributed by atoms with E-state index in [2.05, 4.69) is 47.8 Å². The number of benzene rings is 2. The molecule has 2 aromatic carbocycles. The summed E-state index contributed by atoms with van der Waals surface area (Å²) in [5.41, 5.74) is 4.28. The van der Waals surface area contributed by atoms with E-state index in [9.17, 15) is 0 Å². The molecule has 2 heteroatoms. The van der Waals surface area contributed by atoms with Crippen molar-refractivity contribution in [1.82, 2.24) is 5.32 Å². The topological polar surface area (TPSA) is 21.3 Å². The second-order valence-corrected chi connectivity index (χ2v) is 5.41. The predicted octanol–water partition coefficient (Wildman–Crippen LogP) is 3.40. The van der Waals surface area contributed by atoms with Crippen LogP contribution in [0.2, 0.25) is 0 Å². The summed E-state index contributed by atoms with van der Waals surface area (Å²) in [5, 5.41) is 3.62. The van der Waals surface area contributed by atoms with Crippen molar-refractivity contribution in [3.63, 3.8) is 0 Å². The zero-order valence-corrected chi connectivity index (χ0v) is 10.8. The van der Waals surface area contributed by atoms with Crippen molar-refractivity contribution in [3.05, 3.63) is 65.2 Å². The lowest BCUT2D eigenvalue weighted by atomic mass is 9.91. The molecule has 19 heavy (non-hydrogen) atoms. The van der Waals surface area contributed by atoms with Crippen LogP contribution in [0.15, 0.2) is 48.5 Å². The summed E-state index contributed by atoms with van der Waals surface area (Å²) in [6.07, 6.45) is 1.12. The summed E-state index contributed by atoms with van der Waals surface area (Å²) in [6.45, 7) is 1.82. The summed E-state index contributed by atoms with van der Waals surface area (Å²) in [7, 11) is 0. The monoisotopic (exact) mass is 251 g/mol. The van der Waals surface area contributed by atoms with E-state index in [0.29, 0.717) is 12.0 Å². The van der Waals surface area contributed by atoms with Gasteiger partial charge in [0.25, 0.3) is 0 Å². The molecule has 4 rings (SSSR count). The highest BCUT2D eigenvalue weighted by molar-refractivity contribution is 5.41. The van der Waals surface area contributed by atoms with Gasteiger partial charge in [-0.1, -0.05) is 42.5 Å². The number of para-hydroxylation sites is 1. The number of fused-ring (bicyclic) bond motifs is 2. The van der Waals surface area contributed by atoms with Crippen molar-refractivity contribution < 1.29 is 4.74 Å². The van der Waals surface area contributed by atoms with Crippen LogP contribution in [0.3, 0.4) is 0 Å². The molecule has 1 N–H and O–H groups in total. The highest BCUT2D eigenvalue weighted by atomic mass is 16.5. The predicted molar refractivity (Wildman–Crippen MR) is 75.3 cm³/mol. The summed E-state index contributed by atoms with van der Waals surface area (Å²) in [5.74, 6) is 1.58. The largest absolute Gasteiger partial charge is 0.493 e. The molecule has 0 saturated heterocycles. The first-order valence-electron chi connectivity index (χ1n) is 6.95. The van der Waals surface area contributed by atoms with Gasteiger partial charge in [0.2, 0.25) is 0 Å². The molecule has 2 heterocycles. The minimum Gasteiger partial charge on any atom is -0.493 e. The maximum atomic E-state index is 5.78.